The zero-order valence-corrected chi connectivity index (χ0v) is 31.8. The second-order valence-corrected chi connectivity index (χ2v) is 15.6. The number of benzene rings is 3. The van der Waals surface area contributed by atoms with Crippen molar-refractivity contribution >= 4 is 27.6 Å². The fourth-order valence-corrected chi connectivity index (χ4v) is 9.31. The summed E-state index contributed by atoms with van der Waals surface area (Å²) in [5, 5.41) is 13.0. The van der Waals surface area contributed by atoms with E-state index in [1.54, 1.807) is 29.2 Å². The van der Waals surface area contributed by atoms with Crippen LogP contribution in [-0.4, -0.2) is 107 Å². The van der Waals surface area contributed by atoms with Gasteiger partial charge in [0.2, 0.25) is 0 Å². The second-order valence-electron chi connectivity index (χ2n) is 13.9. The summed E-state index contributed by atoms with van der Waals surface area (Å²) in [6, 6.07) is 17.2. The number of nitriles is 1. The van der Waals surface area contributed by atoms with E-state index in [2.05, 4.69) is 28.1 Å². The maximum Gasteiger partial charge on any atom is 0.318 e. The van der Waals surface area contributed by atoms with Gasteiger partial charge in [0.05, 0.1) is 37.6 Å². The number of amides is 3. The molecule has 0 bridgehead atoms. The molecule has 13 nitrogen and oxygen atoms in total. The first-order valence-electron chi connectivity index (χ1n) is 18.1. The van der Waals surface area contributed by atoms with Crippen LogP contribution in [-0.2, 0) is 20.4 Å². The lowest BCUT2D eigenvalue weighted by Crippen LogP contribution is -2.59. The maximum atomic E-state index is 15.3. The number of urea groups is 1. The predicted octanol–water partition coefficient (Wildman–Crippen LogP) is 4.54. The number of hydrogen-bond acceptors (Lipinski definition) is 10. The number of anilines is 1. The molecule has 1 unspecified atom stereocenters. The van der Waals surface area contributed by atoms with Crippen molar-refractivity contribution in [3.05, 3.63) is 77.4 Å². The molecule has 0 spiro atoms. The Bertz CT molecular complexity index is 1980. The normalized spacial score (nSPS) is 19.9. The molecule has 3 heterocycles. The Morgan fingerprint density at radius 1 is 0.943 bits per heavy atom. The highest BCUT2D eigenvalue weighted by molar-refractivity contribution is 7.93. The van der Waals surface area contributed by atoms with E-state index in [0.29, 0.717) is 29.2 Å². The molecule has 3 amide bonds. The van der Waals surface area contributed by atoms with Gasteiger partial charge in [-0.25, -0.2) is 13.2 Å². The van der Waals surface area contributed by atoms with Crippen LogP contribution in [0.25, 0.3) is 0 Å². The van der Waals surface area contributed by atoms with Crippen molar-refractivity contribution in [1.82, 2.24) is 20.0 Å². The molecule has 282 valence electrons. The zero-order valence-electron chi connectivity index (χ0n) is 31.0. The number of methoxy groups -OCH3 is 2. The molecule has 0 saturated carbocycles. The summed E-state index contributed by atoms with van der Waals surface area (Å²) in [4.78, 5) is 36.2. The van der Waals surface area contributed by atoms with Crippen LogP contribution >= 0.6 is 0 Å². The Kier molecular flexibility index (Phi) is 11.2. The van der Waals surface area contributed by atoms with Crippen LogP contribution in [0.3, 0.4) is 0 Å². The minimum atomic E-state index is -4.69. The van der Waals surface area contributed by atoms with Crippen LogP contribution in [0.1, 0.15) is 56.7 Å². The lowest BCUT2D eigenvalue weighted by atomic mass is 9.82. The largest absolute Gasteiger partial charge is 0.497 e. The SMILES string of the molecule is CCCN1CCN(C2CCN(C(=O)NC3(c4ccccc4OC(C)C)C(=O)N(S(=O)(=O)c4ccc(OC)cc4OC)c4ccc(C#N)cc43)CC2)CC1. The monoisotopic (exact) mass is 744 g/mol. The van der Waals surface area contributed by atoms with Crippen molar-refractivity contribution in [3.63, 3.8) is 0 Å². The number of fused-ring (bicyclic) bond motifs is 1. The molecular weight excluding hydrogens is 697 g/mol. The number of carbonyl (C=O) groups excluding carboxylic acids is 2. The molecule has 53 heavy (non-hydrogen) atoms. The number of piperidine rings is 1. The molecule has 0 radical (unpaired) electrons. The van der Waals surface area contributed by atoms with Gasteiger partial charge in [-0.1, -0.05) is 25.1 Å². The van der Waals surface area contributed by atoms with Crippen molar-refractivity contribution in [1.29, 1.82) is 5.26 Å². The number of piperazine rings is 1. The Hall–Kier alpha value is -4.84. The third-order valence-electron chi connectivity index (χ3n) is 10.3. The van der Waals surface area contributed by atoms with Crippen LogP contribution in [0.5, 0.6) is 17.2 Å². The van der Waals surface area contributed by atoms with Crippen molar-refractivity contribution in [2.45, 2.75) is 62.6 Å². The number of nitrogens with one attached hydrogen (secondary N) is 1. The highest BCUT2D eigenvalue weighted by atomic mass is 32.2. The van der Waals surface area contributed by atoms with Gasteiger partial charge in [-0.2, -0.15) is 9.57 Å². The van der Waals surface area contributed by atoms with E-state index in [4.69, 9.17) is 14.2 Å². The van der Waals surface area contributed by atoms with Gasteiger partial charge in [-0.05, 0) is 76.1 Å². The van der Waals surface area contributed by atoms with Gasteiger partial charge in [-0.15, -0.1) is 0 Å². The third-order valence-corrected chi connectivity index (χ3v) is 12.0. The first kappa shape index (κ1) is 37.9. The molecule has 3 aliphatic heterocycles. The van der Waals surface area contributed by atoms with E-state index in [1.807, 2.05) is 13.8 Å². The van der Waals surface area contributed by atoms with Crippen molar-refractivity contribution in [2.24, 2.45) is 0 Å². The maximum absolute atomic E-state index is 15.3. The molecule has 2 fully saturated rings. The Balaban J connectivity index is 1.42. The number of likely N-dealkylation sites (tertiary alicyclic amines) is 1. The summed E-state index contributed by atoms with van der Waals surface area (Å²) in [5.41, 5.74) is -1.55. The van der Waals surface area contributed by atoms with Gasteiger partial charge in [-0.3, -0.25) is 9.69 Å². The van der Waals surface area contributed by atoms with Crippen molar-refractivity contribution in [3.8, 4) is 23.3 Å². The van der Waals surface area contributed by atoms with Crippen molar-refractivity contribution < 1.29 is 32.2 Å². The van der Waals surface area contributed by atoms with Crippen LogP contribution in [0, 0.1) is 11.3 Å². The van der Waals surface area contributed by atoms with Gasteiger partial charge >= 0.3 is 6.03 Å². The summed E-state index contributed by atoms with van der Waals surface area (Å²) in [6.45, 7) is 11.9. The average Bonchev–Trinajstić information content (AvgIpc) is 3.42. The molecule has 0 aliphatic carbocycles. The summed E-state index contributed by atoms with van der Waals surface area (Å²) in [5.74, 6) is -0.344. The van der Waals surface area contributed by atoms with E-state index in [1.165, 1.54) is 50.6 Å². The second kappa shape index (κ2) is 15.6. The smallest absolute Gasteiger partial charge is 0.318 e. The lowest BCUT2D eigenvalue weighted by molar-refractivity contribution is -0.121. The number of nitrogens with zero attached hydrogens (tertiary/aromatic N) is 5. The van der Waals surface area contributed by atoms with Crippen LogP contribution in [0.4, 0.5) is 10.5 Å². The van der Waals surface area contributed by atoms with Crippen molar-refractivity contribution in [2.75, 3.05) is 64.3 Å². The first-order valence-corrected chi connectivity index (χ1v) is 19.6. The zero-order chi connectivity index (χ0) is 37.9. The van der Waals surface area contributed by atoms with Gasteiger partial charge in [0.1, 0.15) is 22.1 Å². The molecule has 3 aliphatic rings. The number of ether oxygens (including phenoxy) is 3. The average molecular weight is 745 g/mol. The summed E-state index contributed by atoms with van der Waals surface area (Å²) in [6.07, 6.45) is 2.34. The van der Waals surface area contributed by atoms with E-state index in [0.717, 1.165) is 52.0 Å². The van der Waals surface area contributed by atoms with Crippen LogP contribution < -0.4 is 23.8 Å². The quantitative estimate of drug-likeness (QED) is 0.297. The molecular formula is C39H48N6O7S. The fourth-order valence-electron chi connectivity index (χ4n) is 7.71. The topological polar surface area (TPSA) is 145 Å². The standard InChI is InChI=1S/C39H48N6O7S/c1-6-17-42-20-22-43(23-21-42)29-15-18-44(19-16-29)38(47)41-39(31-9-7-8-10-34(31)52-27(2)3)32-24-28(26-40)11-13-33(32)45(37(39)46)53(48,49)36-14-12-30(50-4)25-35(36)51-5/h7-14,24-25,27,29H,6,15-23H2,1-5H3,(H,41,47). The van der Waals surface area contributed by atoms with E-state index >= 15 is 4.79 Å². The first-order chi connectivity index (χ1) is 25.5. The highest BCUT2D eigenvalue weighted by Gasteiger charge is 2.59. The lowest BCUT2D eigenvalue weighted by Gasteiger charge is -2.43. The molecule has 14 heteroatoms. The Labute approximate surface area is 312 Å². The number of hydrogen-bond donors (Lipinski definition) is 1. The van der Waals surface area contributed by atoms with Crippen LogP contribution in [0.15, 0.2) is 65.6 Å². The number of carbonyl (C=O) groups is 2. The summed E-state index contributed by atoms with van der Waals surface area (Å²) in [7, 11) is -1.92. The number of rotatable bonds is 11. The summed E-state index contributed by atoms with van der Waals surface area (Å²) >= 11 is 0. The molecule has 0 aromatic heterocycles. The fraction of sp³-hybridized carbons (Fsp3) is 0.462. The van der Waals surface area contributed by atoms with Gasteiger partial charge < -0.3 is 29.3 Å². The molecule has 1 N–H and O–H groups in total. The van der Waals surface area contributed by atoms with Gasteiger partial charge in [0.15, 0.2) is 5.54 Å². The van der Waals surface area contributed by atoms with Crippen LogP contribution in [0.2, 0.25) is 0 Å². The highest BCUT2D eigenvalue weighted by Crippen LogP contribution is 2.50. The minimum Gasteiger partial charge on any atom is -0.497 e. The molecule has 3 aromatic carbocycles. The summed E-state index contributed by atoms with van der Waals surface area (Å²) < 4.78 is 47.1. The Morgan fingerprint density at radius 2 is 1.66 bits per heavy atom. The number of sulfonamides is 1. The van der Waals surface area contributed by atoms with Gasteiger partial charge in [0.25, 0.3) is 15.9 Å². The van der Waals surface area contributed by atoms with E-state index in [9.17, 15) is 18.5 Å². The Morgan fingerprint density at radius 3 is 2.30 bits per heavy atom. The third kappa shape index (κ3) is 7.13. The van der Waals surface area contributed by atoms with Gasteiger partial charge in [0, 0.05) is 62.5 Å². The minimum absolute atomic E-state index is 0.00700. The van der Waals surface area contributed by atoms with E-state index in [-0.39, 0.29) is 44.9 Å². The molecule has 6 rings (SSSR count). The van der Waals surface area contributed by atoms with E-state index < -0.39 is 27.5 Å². The number of para-hydroxylation sites is 1. The molecule has 1 atom stereocenters. The predicted molar refractivity (Wildman–Crippen MR) is 200 cm³/mol. The molecule has 2 saturated heterocycles. The molecule has 3 aromatic rings.